The second-order valence-electron chi connectivity index (χ2n) is 5.36. The van der Waals surface area contributed by atoms with Gasteiger partial charge >= 0.3 is 0 Å². The van der Waals surface area contributed by atoms with E-state index in [1.165, 1.54) is 21.5 Å². The Morgan fingerprint density at radius 2 is 2.00 bits per heavy atom. The van der Waals surface area contributed by atoms with Crippen LogP contribution in [0.25, 0.3) is 11.0 Å². The molecular weight excluding hydrogens is 280 g/mol. The molecule has 3 aromatic rings. The van der Waals surface area contributed by atoms with Gasteiger partial charge in [-0.25, -0.2) is 9.97 Å². The van der Waals surface area contributed by atoms with Gasteiger partial charge in [0.15, 0.2) is 5.13 Å². The minimum absolute atomic E-state index is 0.824. The van der Waals surface area contributed by atoms with Gasteiger partial charge in [-0.2, -0.15) is 0 Å². The highest BCUT2D eigenvalue weighted by molar-refractivity contribution is 7.15. The minimum Gasteiger partial charge on any atom is -0.362 e. The van der Waals surface area contributed by atoms with E-state index >= 15 is 0 Å². The summed E-state index contributed by atoms with van der Waals surface area (Å²) in [5.74, 6) is 0. The summed E-state index contributed by atoms with van der Waals surface area (Å²) < 4.78 is 2.19. The van der Waals surface area contributed by atoms with Crippen LogP contribution in [-0.2, 0) is 6.54 Å². The highest BCUT2D eigenvalue weighted by Crippen LogP contribution is 2.23. The second-order valence-corrected chi connectivity index (χ2v) is 6.47. The summed E-state index contributed by atoms with van der Waals surface area (Å²) in [5.41, 5.74) is 4.84. The fourth-order valence-corrected chi connectivity index (χ4v) is 3.14. The first-order chi connectivity index (χ1) is 10.2. The lowest BCUT2D eigenvalue weighted by atomic mass is 10.1. The molecule has 0 radical (unpaired) electrons. The molecule has 0 aliphatic rings. The van der Waals surface area contributed by atoms with Crippen molar-refractivity contribution in [2.75, 3.05) is 11.9 Å². The van der Waals surface area contributed by atoms with Gasteiger partial charge in [0.05, 0.1) is 23.9 Å². The molecule has 5 heteroatoms. The standard InChI is InChI=1S/C16H20N4S/c1-4-5-17-16-18-8-13(21-16)9-20-10-19-14-6-11(2)12(3)7-15(14)20/h6-8,10H,4-5,9H2,1-3H3,(H,17,18). The summed E-state index contributed by atoms with van der Waals surface area (Å²) in [6.07, 6.45) is 4.98. The Kier molecular flexibility index (Phi) is 3.92. The summed E-state index contributed by atoms with van der Waals surface area (Å²) in [7, 11) is 0. The zero-order valence-corrected chi connectivity index (χ0v) is 13.5. The van der Waals surface area contributed by atoms with Gasteiger partial charge in [-0.1, -0.05) is 6.92 Å². The van der Waals surface area contributed by atoms with E-state index in [1.54, 1.807) is 11.3 Å². The molecule has 2 heterocycles. The van der Waals surface area contributed by atoms with E-state index in [2.05, 4.69) is 52.8 Å². The van der Waals surface area contributed by atoms with Crippen molar-refractivity contribution in [2.24, 2.45) is 0 Å². The van der Waals surface area contributed by atoms with E-state index in [-0.39, 0.29) is 0 Å². The predicted octanol–water partition coefficient (Wildman–Crippen LogP) is 3.98. The van der Waals surface area contributed by atoms with Crippen molar-refractivity contribution in [2.45, 2.75) is 33.7 Å². The molecule has 0 atom stereocenters. The van der Waals surface area contributed by atoms with Crippen molar-refractivity contribution in [3.05, 3.63) is 40.7 Å². The molecule has 4 nitrogen and oxygen atoms in total. The van der Waals surface area contributed by atoms with Crippen LogP contribution in [0.4, 0.5) is 5.13 Å². The number of nitrogens with zero attached hydrogens (tertiary/aromatic N) is 3. The number of thiazole rings is 1. The Balaban J connectivity index is 1.84. The highest BCUT2D eigenvalue weighted by atomic mass is 32.1. The molecule has 0 aliphatic carbocycles. The fourth-order valence-electron chi connectivity index (χ4n) is 2.30. The highest BCUT2D eigenvalue weighted by Gasteiger charge is 2.07. The molecule has 110 valence electrons. The Hall–Kier alpha value is -1.88. The molecule has 0 bridgehead atoms. The zero-order valence-electron chi connectivity index (χ0n) is 12.7. The van der Waals surface area contributed by atoms with Gasteiger partial charge in [0.2, 0.25) is 0 Å². The van der Waals surface area contributed by atoms with Gasteiger partial charge in [0.1, 0.15) is 0 Å². The van der Waals surface area contributed by atoms with Crippen LogP contribution in [0.1, 0.15) is 29.3 Å². The van der Waals surface area contributed by atoms with E-state index < -0.39 is 0 Å². The average Bonchev–Trinajstić information content (AvgIpc) is 3.06. The number of anilines is 1. The number of fused-ring (bicyclic) bond motifs is 1. The lowest BCUT2D eigenvalue weighted by Gasteiger charge is -2.04. The van der Waals surface area contributed by atoms with Crippen molar-refractivity contribution < 1.29 is 0 Å². The molecule has 0 saturated carbocycles. The number of hydrogen-bond acceptors (Lipinski definition) is 4. The van der Waals surface area contributed by atoms with E-state index in [0.717, 1.165) is 30.2 Å². The van der Waals surface area contributed by atoms with E-state index in [9.17, 15) is 0 Å². The first-order valence-corrected chi connectivity index (χ1v) is 8.09. The van der Waals surface area contributed by atoms with Crippen LogP contribution >= 0.6 is 11.3 Å². The van der Waals surface area contributed by atoms with Crippen LogP contribution in [0.15, 0.2) is 24.7 Å². The Morgan fingerprint density at radius 1 is 1.19 bits per heavy atom. The topological polar surface area (TPSA) is 42.7 Å². The van der Waals surface area contributed by atoms with E-state index in [1.807, 2.05) is 12.5 Å². The largest absolute Gasteiger partial charge is 0.362 e. The van der Waals surface area contributed by atoms with Crippen molar-refractivity contribution in [1.29, 1.82) is 0 Å². The third-order valence-corrected chi connectivity index (χ3v) is 4.58. The molecule has 0 aliphatic heterocycles. The van der Waals surface area contributed by atoms with Crippen LogP contribution in [0.2, 0.25) is 0 Å². The summed E-state index contributed by atoms with van der Waals surface area (Å²) in [4.78, 5) is 10.2. The third kappa shape index (κ3) is 2.93. The van der Waals surface area contributed by atoms with Crippen LogP contribution < -0.4 is 5.32 Å². The molecule has 3 rings (SSSR count). The molecule has 0 spiro atoms. The van der Waals surface area contributed by atoms with Gasteiger partial charge in [0, 0.05) is 17.6 Å². The van der Waals surface area contributed by atoms with Gasteiger partial charge < -0.3 is 9.88 Å². The van der Waals surface area contributed by atoms with Crippen LogP contribution in [0, 0.1) is 13.8 Å². The van der Waals surface area contributed by atoms with Gasteiger partial charge in [0.25, 0.3) is 0 Å². The normalized spacial score (nSPS) is 11.2. The minimum atomic E-state index is 0.824. The summed E-state index contributed by atoms with van der Waals surface area (Å²) in [5, 5.41) is 4.33. The summed E-state index contributed by atoms with van der Waals surface area (Å²) >= 11 is 1.72. The zero-order chi connectivity index (χ0) is 14.8. The van der Waals surface area contributed by atoms with Crippen LogP contribution in [0.5, 0.6) is 0 Å². The molecule has 0 amide bonds. The number of benzene rings is 1. The van der Waals surface area contributed by atoms with E-state index in [0.29, 0.717) is 0 Å². The molecule has 1 N–H and O–H groups in total. The van der Waals surface area contributed by atoms with Gasteiger partial charge in [-0.15, -0.1) is 11.3 Å². The first kappa shape index (κ1) is 14.1. The number of aryl methyl sites for hydroxylation is 2. The fraction of sp³-hybridized carbons (Fsp3) is 0.375. The number of imidazole rings is 1. The number of hydrogen-bond donors (Lipinski definition) is 1. The second kappa shape index (κ2) is 5.85. The van der Waals surface area contributed by atoms with Crippen LogP contribution in [-0.4, -0.2) is 21.1 Å². The van der Waals surface area contributed by atoms with Crippen molar-refractivity contribution >= 4 is 27.5 Å². The van der Waals surface area contributed by atoms with Crippen molar-refractivity contribution in [1.82, 2.24) is 14.5 Å². The average molecular weight is 300 g/mol. The SMILES string of the molecule is CCCNc1ncc(Cn2cnc3cc(C)c(C)cc32)s1. The Morgan fingerprint density at radius 3 is 2.81 bits per heavy atom. The quantitative estimate of drug-likeness (QED) is 0.775. The predicted molar refractivity (Wildman–Crippen MR) is 89.2 cm³/mol. The number of rotatable bonds is 5. The summed E-state index contributed by atoms with van der Waals surface area (Å²) in [6.45, 7) is 8.22. The molecule has 1 aromatic carbocycles. The third-order valence-electron chi connectivity index (χ3n) is 3.64. The first-order valence-electron chi connectivity index (χ1n) is 7.28. The lowest BCUT2D eigenvalue weighted by Crippen LogP contribution is -1.98. The molecule has 21 heavy (non-hydrogen) atoms. The lowest BCUT2D eigenvalue weighted by molar-refractivity contribution is 0.835. The van der Waals surface area contributed by atoms with E-state index in [4.69, 9.17) is 0 Å². The monoisotopic (exact) mass is 300 g/mol. The number of nitrogens with one attached hydrogen (secondary N) is 1. The maximum absolute atomic E-state index is 4.50. The molecular formula is C16H20N4S. The summed E-state index contributed by atoms with van der Waals surface area (Å²) in [6, 6.07) is 4.37. The Bertz CT molecular complexity index is 757. The smallest absolute Gasteiger partial charge is 0.182 e. The molecule has 0 unspecified atom stereocenters. The number of aromatic nitrogens is 3. The maximum Gasteiger partial charge on any atom is 0.182 e. The van der Waals surface area contributed by atoms with Gasteiger partial charge in [-0.05, 0) is 43.5 Å². The Labute approximate surface area is 128 Å². The molecule has 0 saturated heterocycles. The van der Waals surface area contributed by atoms with Crippen molar-refractivity contribution in [3.63, 3.8) is 0 Å². The van der Waals surface area contributed by atoms with Crippen molar-refractivity contribution in [3.8, 4) is 0 Å². The molecule has 0 fully saturated rings. The van der Waals surface area contributed by atoms with Gasteiger partial charge in [-0.3, -0.25) is 0 Å². The maximum atomic E-state index is 4.50. The molecule has 2 aromatic heterocycles. The van der Waals surface area contributed by atoms with Crippen LogP contribution in [0.3, 0.4) is 0 Å².